The number of thioether (sulfide) groups is 1. The molecule has 0 saturated heterocycles. The Balaban J connectivity index is 2.69. The van der Waals surface area contributed by atoms with Crippen LogP contribution in [-0.2, 0) is 22.3 Å². The van der Waals surface area contributed by atoms with Gasteiger partial charge in [0.25, 0.3) is 0 Å². The van der Waals surface area contributed by atoms with Crippen LogP contribution in [-0.4, -0.2) is 35.7 Å². The van der Waals surface area contributed by atoms with E-state index in [1.807, 2.05) is 16.9 Å². The Hall–Kier alpha value is -0.720. The van der Waals surface area contributed by atoms with Gasteiger partial charge in [-0.3, -0.25) is 0 Å². The van der Waals surface area contributed by atoms with Crippen LogP contribution in [0.1, 0.15) is 12.7 Å². The van der Waals surface area contributed by atoms with Crippen LogP contribution in [0.4, 0.5) is 0 Å². The highest BCUT2D eigenvalue weighted by atomic mass is 35.5. The van der Waals surface area contributed by atoms with Crippen molar-refractivity contribution < 1.29 is 8.42 Å². The number of fused-ring (bicyclic) bond motifs is 1. The van der Waals surface area contributed by atoms with E-state index >= 15 is 0 Å². The molecule has 0 aliphatic heterocycles. The fourth-order valence-corrected chi connectivity index (χ4v) is 3.44. The van der Waals surface area contributed by atoms with E-state index in [2.05, 4.69) is 11.9 Å². The lowest BCUT2D eigenvalue weighted by Crippen LogP contribution is -2.11. The van der Waals surface area contributed by atoms with E-state index in [1.165, 1.54) is 6.26 Å². The summed E-state index contributed by atoms with van der Waals surface area (Å²) in [5.41, 5.74) is 1.34. The van der Waals surface area contributed by atoms with Gasteiger partial charge in [-0.15, -0.1) is 11.6 Å². The molecule has 0 N–H and O–H groups in total. The number of sulfone groups is 1. The van der Waals surface area contributed by atoms with Crippen molar-refractivity contribution in [3.05, 3.63) is 24.0 Å². The predicted molar refractivity (Wildman–Crippen MR) is 85.4 cm³/mol. The van der Waals surface area contributed by atoms with Crippen LogP contribution in [0, 0.1) is 0 Å². The van der Waals surface area contributed by atoms with Crippen LogP contribution >= 0.6 is 23.4 Å². The Morgan fingerprint density at radius 2 is 2.15 bits per heavy atom. The summed E-state index contributed by atoms with van der Waals surface area (Å²) < 4.78 is 25.7. The van der Waals surface area contributed by atoms with E-state index in [0.29, 0.717) is 16.6 Å². The molecule has 2 rings (SSSR count). The number of benzene rings is 1. The zero-order valence-corrected chi connectivity index (χ0v) is 14.0. The maximum absolute atomic E-state index is 11.8. The van der Waals surface area contributed by atoms with Crippen molar-refractivity contribution in [3.8, 4) is 0 Å². The van der Waals surface area contributed by atoms with Crippen LogP contribution < -0.4 is 0 Å². The van der Waals surface area contributed by atoms with Crippen molar-refractivity contribution in [1.29, 1.82) is 0 Å². The molecule has 1 unspecified atom stereocenters. The molecule has 20 heavy (non-hydrogen) atoms. The molecule has 0 spiro atoms. The third-order valence-electron chi connectivity index (χ3n) is 3.18. The lowest BCUT2D eigenvalue weighted by Gasteiger charge is -2.12. The van der Waals surface area contributed by atoms with Gasteiger partial charge >= 0.3 is 0 Å². The molecule has 2 aromatic rings. The molecule has 1 heterocycles. The number of hydrogen-bond donors (Lipinski definition) is 0. The molecule has 1 atom stereocenters. The topological polar surface area (TPSA) is 52.0 Å². The van der Waals surface area contributed by atoms with E-state index in [-0.39, 0.29) is 10.8 Å². The van der Waals surface area contributed by atoms with Crippen LogP contribution in [0.15, 0.2) is 23.1 Å². The quantitative estimate of drug-likeness (QED) is 0.790. The fraction of sp³-hybridized carbons (Fsp3) is 0.462. The summed E-state index contributed by atoms with van der Waals surface area (Å²) >= 11 is 7.71. The first kappa shape index (κ1) is 15.7. The molecule has 7 heteroatoms. The third kappa shape index (κ3) is 2.97. The highest BCUT2D eigenvalue weighted by Gasteiger charge is 2.19. The van der Waals surface area contributed by atoms with Gasteiger partial charge in [-0.2, -0.15) is 11.8 Å². The minimum atomic E-state index is -3.30. The Labute approximate surface area is 128 Å². The molecule has 1 aromatic carbocycles. The van der Waals surface area contributed by atoms with Crippen molar-refractivity contribution >= 4 is 44.2 Å². The molecule has 110 valence electrons. The largest absolute Gasteiger partial charge is 0.326 e. The van der Waals surface area contributed by atoms with Gasteiger partial charge in [-0.25, -0.2) is 13.4 Å². The van der Waals surface area contributed by atoms with E-state index in [1.54, 1.807) is 23.9 Å². The molecule has 4 nitrogen and oxygen atoms in total. The summed E-state index contributed by atoms with van der Waals surface area (Å²) in [6.07, 6.45) is 3.25. The lowest BCUT2D eigenvalue weighted by molar-refractivity contribution is 0.602. The van der Waals surface area contributed by atoms with Gasteiger partial charge in [0, 0.05) is 18.1 Å². The summed E-state index contributed by atoms with van der Waals surface area (Å²) in [6, 6.07) is 5.23. The van der Waals surface area contributed by atoms with Crippen LogP contribution in [0.3, 0.4) is 0 Å². The number of halogens is 1. The van der Waals surface area contributed by atoms with E-state index < -0.39 is 9.84 Å². The molecule has 0 aliphatic carbocycles. The summed E-state index contributed by atoms with van der Waals surface area (Å²) in [4.78, 5) is 4.69. The van der Waals surface area contributed by atoms with Gasteiger partial charge in [0.15, 0.2) is 9.84 Å². The number of alkyl halides is 1. The van der Waals surface area contributed by atoms with Gasteiger partial charge in [-0.1, -0.05) is 13.0 Å². The molecular formula is C13H17ClN2O2S2. The monoisotopic (exact) mass is 332 g/mol. The van der Waals surface area contributed by atoms with Crippen LogP contribution in [0.25, 0.3) is 11.0 Å². The third-order valence-corrected chi connectivity index (χ3v) is 5.50. The summed E-state index contributed by atoms with van der Waals surface area (Å²) in [6.45, 7) is 2.88. The molecule has 0 amide bonds. The standard InChI is InChI=1S/C13H17ClN2O2S2/c1-9(19-2)8-16-10-5-4-6-11(20(3,17)18)13(10)15-12(16)7-14/h4-6,9H,7-8H2,1-3H3. The van der Waals surface area contributed by atoms with Gasteiger partial charge in [-0.05, 0) is 18.4 Å². The van der Waals surface area contributed by atoms with Crippen molar-refractivity contribution in [2.45, 2.75) is 29.5 Å². The number of imidazole rings is 1. The molecular weight excluding hydrogens is 316 g/mol. The van der Waals surface area contributed by atoms with Gasteiger partial charge in [0.05, 0.1) is 16.3 Å². The average Bonchev–Trinajstić information content (AvgIpc) is 2.75. The number of para-hydroxylation sites is 1. The van der Waals surface area contributed by atoms with E-state index in [4.69, 9.17) is 11.6 Å². The SMILES string of the molecule is CSC(C)Cn1c(CCl)nc2c(S(C)(=O)=O)cccc21. The predicted octanol–water partition coefficient (Wildman–Crippen LogP) is 2.93. The number of hydrogen-bond acceptors (Lipinski definition) is 4. The molecule has 1 aromatic heterocycles. The zero-order chi connectivity index (χ0) is 14.9. The number of aromatic nitrogens is 2. The Kier molecular flexibility index (Phi) is 4.66. The summed E-state index contributed by atoms with van der Waals surface area (Å²) in [7, 11) is -3.30. The van der Waals surface area contributed by atoms with E-state index in [9.17, 15) is 8.42 Å². The maximum Gasteiger partial charge on any atom is 0.177 e. The first-order chi connectivity index (χ1) is 9.38. The second-order valence-corrected chi connectivity index (χ2v) is 8.24. The number of rotatable bonds is 5. The molecule has 0 bridgehead atoms. The summed E-state index contributed by atoms with van der Waals surface area (Å²) in [5.74, 6) is 0.970. The molecule has 0 saturated carbocycles. The Morgan fingerprint density at radius 1 is 1.45 bits per heavy atom. The van der Waals surface area contributed by atoms with Crippen molar-refractivity contribution in [3.63, 3.8) is 0 Å². The van der Waals surface area contributed by atoms with Gasteiger partial charge in [0.1, 0.15) is 11.3 Å². The van der Waals surface area contributed by atoms with Gasteiger partial charge < -0.3 is 4.57 Å². The maximum atomic E-state index is 11.8. The first-order valence-corrected chi connectivity index (χ1v) is 9.86. The van der Waals surface area contributed by atoms with E-state index in [0.717, 1.165) is 12.1 Å². The van der Waals surface area contributed by atoms with Crippen molar-refractivity contribution in [1.82, 2.24) is 9.55 Å². The second kappa shape index (κ2) is 5.95. The van der Waals surface area contributed by atoms with Gasteiger partial charge in [0.2, 0.25) is 0 Å². The normalized spacial score (nSPS) is 13.8. The first-order valence-electron chi connectivity index (χ1n) is 6.15. The van der Waals surface area contributed by atoms with Crippen LogP contribution in [0.2, 0.25) is 0 Å². The average molecular weight is 333 g/mol. The smallest absolute Gasteiger partial charge is 0.177 e. The highest BCUT2D eigenvalue weighted by Crippen LogP contribution is 2.25. The van der Waals surface area contributed by atoms with Crippen LogP contribution in [0.5, 0.6) is 0 Å². The van der Waals surface area contributed by atoms with Crippen molar-refractivity contribution in [2.75, 3.05) is 12.5 Å². The fourth-order valence-electron chi connectivity index (χ4n) is 2.11. The summed E-state index contributed by atoms with van der Waals surface area (Å²) in [5, 5.41) is 0.399. The number of nitrogens with zero attached hydrogens (tertiary/aromatic N) is 2. The zero-order valence-electron chi connectivity index (χ0n) is 11.6. The highest BCUT2D eigenvalue weighted by molar-refractivity contribution is 7.99. The molecule has 0 radical (unpaired) electrons. The molecule has 0 fully saturated rings. The minimum absolute atomic E-state index is 0.261. The second-order valence-electron chi connectivity index (χ2n) is 4.71. The van der Waals surface area contributed by atoms with Crippen molar-refractivity contribution in [2.24, 2.45) is 0 Å². The Bertz CT molecular complexity index is 725. The lowest BCUT2D eigenvalue weighted by atomic mass is 10.3. The molecule has 0 aliphatic rings. The minimum Gasteiger partial charge on any atom is -0.326 e. The Morgan fingerprint density at radius 3 is 2.70 bits per heavy atom.